The van der Waals surface area contributed by atoms with Crippen molar-refractivity contribution >= 4 is 17.7 Å². The first kappa shape index (κ1) is 13.8. The van der Waals surface area contributed by atoms with E-state index < -0.39 is 11.9 Å². The predicted octanol–water partition coefficient (Wildman–Crippen LogP) is 1.68. The van der Waals surface area contributed by atoms with Gasteiger partial charge in [-0.15, -0.1) is 0 Å². The molecule has 1 rings (SSSR count). The van der Waals surface area contributed by atoms with E-state index in [1.807, 2.05) is 0 Å². The Morgan fingerprint density at radius 2 is 1.00 bits per heavy atom. The molecule has 0 radical (unpaired) electrons. The highest BCUT2D eigenvalue weighted by Crippen LogP contribution is 2.03. The first-order valence-electron chi connectivity index (χ1n) is 4.38. The van der Waals surface area contributed by atoms with Crippen LogP contribution in [0.4, 0.5) is 0 Å². The summed E-state index contributed by atoms with van der Waals surface area (Å²) in [5.74, 6) is -1.96. The van der Waals surface area contributed by atoms with Crippen molar-refractivity contribution in [2.45, 2.75) is 13.8 Å². The minimum atomic E-state index is -1.06. The fraction of sp³-hybridized carbons (Fsp3) is 0.182. The summed E-state index contributed by atoms with van der Waals surface area (Å²) >= 11 is 0. The molecule has 0 atom stereocenters. The highest BCUT2D eigenvalue weighted by molar-refractivity contribution is 5.91. The lowest BCUT2D eigenvalue weighted by molar-refractivity contribution is -0.115. The molecule has 16 heavy (non-hydrogen) atoms. The van der Waals surface area contributed by atoms with E-state index in [0.717, 1.165) is 0 Å². The van der Waals surface area contributed by atoms with Gasteiger partial charge in [-0.2, -0.15) is 0 Å². The van der Waals surface area contributed by atoms with Crippen molar-refractivity contribution in [2.75, 3.05) is 0 Å². The molecule has 5 nitrogen and oxygen atoms in total. The Morgan fingerprint density at radius 3 is 1.12 bits per heavy atom. The first-order valence-corrected chi connectivity index (χ1v) is 4.38. The van der Waals surface area contributed by atoms with Gasteiger partial charge in [-0.05, 0) is 38.1 Å². The molecule has 0 saturated carbocycles. The topological polar surface area (TPSA) is 91.7 Å². The van der Waals surface area contributed by atoms with E-state index in [0.29, 0.717) is 0 Å². The second-order valence-electron chi connectivity index (χ2n) is 3.10. The molecule has 86 valence electrons. The summed E-state index contributed by atoms with van der Waals surface area (Å²) in [5, 5.41) is 16.9. The Kier molecular flexibility index (Phi) is 5.48. The summed E-state index contributed by atoms with van der Waals surface area (Å²) < 4.78 is 0. The number of ketones is 1. The quantitative estimate of drug-likeness (QED) is 0.797. The minimum Gasteiger partial charge on any atom is -0.478 e. The number of hydrogen-bond donors (Lipinski definition) is 2. The Balaban J connectivity index is 0.000000487. The highest BCUT2D eigenvalue weighted by atomic mass is 16.4. The second kappa shape index (κ2) is 6.34. The number of hydrogen-bond acceptors (Lipinski definition) is 3. The van der Waals surface area contributed by atoms with Crippen molar-refractivity contribution in [3.05, 3.63) is 35.4 Å². The Bertz CT molecular complexity index is 354. The highest BCUT2D eigenvalue weighted by Gasteiger charge is 2.04. The van der Waals surface area contributed by atoms with Crippen molar-refractivity contribution in [3.8, 4) is 0 Å². The van der Waals surface area contributed by atoms with Gasteiger partial charge in [0.05, 0.1) is 11.1 Å². The van der Waals surface area contributed by atoms with Gasteiger partial charge in [0.25, 0.3) is 0 Å². The molecule has 2 N–H and O–H groups in total. The lowest BCUT2D eigenvalue weighted by Crippen LogP contribution is -1.99. The molecular formula is C11H12O5. The van der Waals surface area contributed by atoms with Crippen LogP contribution in [0.25, 0.3) is 0 Å². The van der Waals surface area contributed by atoms with Crippen LogP contribution in [0, 0.1) is 0 Å². The molecule has 0 heterocycles. The molecule has 0 unspecified atom stereocenters. The van der Waals surface area contributed by atoms with Crippen molar-refractivity contribution in [3.63, 3.8) is 0 Å². The molecule has 1 aromatic carbocycles. The average molecular weight is 224 g/mol. The van der Waals surface area contributed by atoms with Gasteiger partial charge in [0.1, 0.15) is 5.78 Å². The maximum atomic E-state index is 10.3. The molecule has 5 heteroatoms. The third kappa shape index (κ3) is 5.54. The number of carboxylic acids is 2. The summed E-state index contributed by atoms with van der Waals surface area (Å²) in [7, 11) is 0. The largest absolute Gasteiger partial charge is 0.478 e. The number of carboxylic acid groups (broad SMARTS) is 2. The van der Waals surface area contributed by atoms with Crippen LogP contribution in [0.1, 0.15) is 34.6 Å². The van der Waals surface area contributed by atoms with E-state index in [4.69, 9.17) is 10.2 Å². The van der Waals surface area contributed by atoms with Crippen LogP contribution in [0.3, 0.4) is 0 Å². The maximum absolute atomic E-state index is 10.3. The molecule has 0 aliphatic carbocycles. The van der Waals surface area contributed by atoms with Crippen LogP contribution in [-0.4, -0.2) is 27.9 Å². The summed E-state index contributed by atoms with van der Waals surface area (Å²) in [5.41, 5.74) is 0.167. The van der Waals surface area contributed by atoms with E-state index in [-0.39, 0.29) is 16.9 Å². The van der Waals surface area contributed by atoms with Gasteiger partial charge >= 0.3 is 11.9 Å². The number of aromatic carboxylic acids is 2. The smallest absolute Gasteiger partial charge is 0.335 e. The maximum Gasteiger partial charge on any atom is 0.335 e. The van der Waals surface area contributed by atoms with Gasteiger partial charge in [-0.1, -0.05) is 0 Å². The van der Waals surface area contributed by atoms with E-state index in [1.54, 1.807) is 0 Å². The summed E-state index contributed by atoms with van der Waals surface area (Å²) in [4.78, 5) is 30.1. The number of carbonyl (C=O) groups is 3. The second-order valence-corrected chi connectivity index (χ2v) is 3.10. The van der Waals surface area contributed by atoms with Crippen molar-refractivity contribution < 1.29 is 24.6 Å². The number of Topliss-reactive ketones (excluding diaryl/α,β-unsaturated/α-hetero) is 1. The zero-order chi connectivity index (χ0) is 12.7. The van der Waals surface area contributed by atoms with Crippen LogP contribution in [-0.2, 0) is 4.79 Å². The molecule has 0 aliphatic rings. The minimum absolute atomic E-state index is 0.0833. The van der Waals surface area contributed by atoms with Crippen molar-refractivity contribution in [2.24, 2.45) is 0 Å². The summed E-state index contributed by atoms with van der Waals surface area (Å²) in [6.45, 7) is 3.06. The van der Waals surface area contributed by atoms with Crippen molar-refractivity contribution in [1.82, 2.24) is 0 Å². The number of carbonyl (C=O) groups excluding carboxylic acids is 1. The normalized spacial score (nSPS) is 8.62. The Morgan fingerprint density at radius 1 is 0.812 bits per heavy atom. The fourth-order valence-corrected chi connectivity index (χ4v) is 0.755. The molecule has 0 saturated heterocycles. The van der Waals surface area contributed by atoms with Crippen LogP contribution >= 0.6 is 0 Å². The monoisotopic (exact) mass is 224 g/mol. The van der Waals surface area contributed by atoms with Gasteiger partial charge in [0.2, 0.25) is 0 Å². The predicted molar refractivity (Wildman–Crippen MR) is 56.7 cm³/mol. The lowest BCUT2D eigenvalue weighted by Gasteiger charge is -1.94. The van der Waals surface area contributed by atoms with Gasteiger partial charge in [-0.25, -0.2) is 9.59 Å². The van der Waals surface area contributed by atoms with E-state index in [1.165, 1.54) is 38.1 Å². The number of benzene rings is 1. The average Bonchev–Trinajstić information content (AvgIpc) is 2.17. The third-order valence-electron chi connectivity index (χ3n) is 1.38. The molecular weight excluding hydrogens is 212 g/mol. The molecule has 1 aromatic rings. The third-order valence-corrected chi connectivity index (χ3v) is 1.38. The van der Waals surface area contributed by atoms with Crippen LogP contribution in [0.2, 0.25) is 0 Å². The van der Waals surface area contributed by atoms with Gasteiger partial charge in [0, 0.05) is 0 Å². The molecule has 0 aliphatic heterocycles. The van der Waals surface area contributed by atoms with Crippen LogP contribution in [0.15, 0.2) is 24.3 Å². The lowest BCUT2D eigenvalue weighted by atomic mass is 10.1. The van der Waals surface area contributed by atoms with Gasteiger partial charge in [0.15, 0.2) is 0 Å². The fourth-order valence-electron chi connectivity index (χ4n) is 0.755. The van der Waals surface area contributed by atoms with Gasteiger partial charge < -0.3 is 15.0 Å². The molecule has 0 amide bonds. The van der Waals surface area contributed by atoms with E-state index in [9.17, 15) is 14.4 Å². The van der Waals surface area contributed by atoms with Gasteiger partial charge in [-0.3, -0.25) is 0 Å². The van der Waals surface area contributed by atoms with E-state index >= 15 is 0 Å². The van der Waals surface area contributed by atoms with Crippen molar-refractivity contribution in [1.29, 1.82) is 0 Å². The Hall–Kier alpha value is -2.17. The zero-order valence-electron chi connectivity index (χ0n) is 8.93. The molecule has 0 aromatic heterocycles. The summed E-state index contributed by atoms with van der Waals surface area (Å²) in [6, 6.07) is 5.02. The zero-order valence-corrected chi connectivity index (χ0v) is 8.93. The standard InChI is InChI=1S/C8H6O4.C3H6O/c9-7(10)5-1-2-6(4-3-5)8(11)12;1-3(2)4/h1-4H,(H,9,10)(H,11,12);1-2H3. The SMILES string of the molecule is CC(C)=O.O=C(O)c1ccc(C(=O)O)cc1. The Labute approximate surface area is 92.3 Å². The first-order chi connectivity index (χ1) is 7.34. The van der Waals surface area contributed by atoms with Crippen LogP contribution in [0.5, 0.6) is 0 Å². The summed E-state index contributed by atoms with van der Waals surface area (Å²) in [6.07, 6.45) is 0. The molecule has 0 spiro atoms. The number of rotatable bonds is 2. The van der Waals surface area contributed by atoms with Crippen LogP contribution < -0.4 is 0 Å². The van der Waals surface area contributed by atoms with E-state index in [2.05, 4.69) is 0 Å². The molecule has 0 fully saturated rings. The molecule has 0 bridgehead atoms.